The first-order valence-corrected chi connectivity index (χ1v) is 7.26. The lowest BCUT2D eigenvalue weighted by molar-refractivity contribution is -0.134. The van der Waals surface area contributed by atoms with Gasteiger partial charge in [0.25, 0.3) is 0 Å². The van der Waals surface area contributed by atoms with Crippen LogP contribution in [0.15, 0.2) is 28.8 Å². The molecule has 0 unspecified atom stereocenters. The summed E-state index contributed by atoms with van der Waals surface area (Å²) in [6, 6.07) is 5.37. The number of hydrogen-bond donors (Lipinski definition) is 1. The predicted octanol–water partition coefficient (Wildman–Crippen LogP) is 2.24. The third-order valence-electron chi connectivity index (χ3n) is 3.80. The summed E-state index contributed by atoms with van der Waals surface area (Å²) in [7, 11) is 0. The smallest absolute Gasteiger partial charge is 0.221 e. The third kappa shape index (κ3) is 3.10. The number of nitrogens with one attached hydrogen (secondary N) is 1. The molecule has 7 heteroatoms. The molecule has 1 aliphatic heterocycles. The summed E-state index contributed by atoms with van der Waals surface area (Å²) < 4.78 is 38.0. The van der Waals surface area contributed by atoms with Crippen molar-refractivity contribution in [1.29, 1.82) is 0 Å². The summed E-state index contributed by atoms with van der Waals surface area (Å²) in [6.07, 6.45) is 0.531. The Morgan fingerprint density at radius 1 is 1.35 bits per heavy atom. The van der Waals surface area contributed by atoms with Crippen LogP contribution in [0.1, 0.15) is 23.4 Å². The third-order valence-corrected chi connectivity index (χ3v) is 3.80. The zero-order valence-corrected chi connectivity index (χ0v) is 12.6. The van der Waals surface area contributed by atoms with Gasteiger partial charge in [0.1, 0.15) is 22.9 Å². The fraction of sp³-hybridized carbons (Fsp3) is 0.375. The molecule has 5 nitrogen and oxygen atoms in total. The van der Waals surface area contributed by atoms with Crippen molar-refractivity contribution in [2.45, 2.75) is 25.3 Å². The molecule has 23 heavy (non-hydrogen) atoms. The van der Waals surface area contributed by atoms with Crippen LogP contribution in [0.2, 0.25) is 0 Å². The lowest BCUT2D eigenvalue weighted by atomic mass is 9.86. The van der Waals surface area contributed by atoms with Gasteiger partial charge in [0.2, 0.25) is 5.91 Å². The molecule has 1 saturated heterocycles. The highest BCUT2D eigenvalue weighted by molar-refractivity contribution is 5.77. The largest absolute Gasteiger partial charge is 0.376 e. The maximum atomic E-state index is 14.0. The van der Waals surface area contributed by atoms with E-state index in [9.17, 15) is 13.6 Å². The van der Waals surface area contributed by atoms with E-state index in [-0.39, 0.29) is 31.1 Å². The first-order valence-electron chi connectivity index (χ1n) is 7.26. The SMILES string of the molecule is Cc1cc(CCC(=O)NC2(c3c(F)cccc3F)COC2)no1. The van der Waals surface area contributed by atoms with Crippen LogP contribution in [-0.4, -0.2) is 24.3 Å². The average Bonchev–Trinajstić information content (AvgIpc) is 2.87. The lowest BCUT2D eigenvalue weighted by Gasteiger charge is -2.42. The molecule has 0 atom stereocenters. The zero-order valence-electron chi connectivity index (χ0n) is 12.6. The summed E-state index contributed by atoms with van der Waals surface area (Å²) >= 11 is 0. The number of nitrogens with zero attached hydrogens (tertiary/aromatic N) is 1. The van der Waals surface area contributed by atoms with Gasteiger partial charge in [0.15, 0.2) is 0 Å². The molecule has 1 aromatic carbocycles. The quantitative estimate of drug-likeness (QED) is 0.917. The molecule has 1 aromatic heterocycles. The van der Waals surface area contributed by atoms with Gasteiger partial charge in [-0.25, -0.2) is 8.78 Å². The normalized spacial score (nSPS) is 16.0. The summed E-state index contributed by atoms with van der Waals surface area (Å²) in [5.74, 6) is -1.05. The van der Waals surface area contributed by atoms with Crippen LogP contribution in [0.4, 0.5) is 8.78 Å². The highest BCUT2D eigenvalue weighted by atomic mass is 19.1. The number of ether oxygens (including phenoxy) is 1. The minimum atomic E-state index is -1.15. The van der Waals surface area contributed by atoms with Crippen molar-refractivity contribution in [3.8, 4) is 0 Å². The van der Waals surface area contributed by atoms with Crippen molar-refractivity contribution in [2.24, 2.45) is 0 Å². The molecular weight excluding hydrogens is 306 g/mol. The zero-order chi connectivity index (χ0) is 16.4. The van der Waals surface area contributed by atoms with Gasteiger partial charge in [-0.05, 0) is 19.1 Å². The molecular formula is C16H16F2N2O3. The summed E-state index contributed by atoms with van der Waals surface area (Å²) in [6.45, 7) is 1.84. The van der Waals surface area contributed by atoms with Crippen LogP contribution in [0.5, 0.6) is 0 Å². The number of rotatable bonds is 5. The second-order valence-corrected chi connectivity index (χ2v) is 5.65. The van der Waals surface area contributed by atoms with Crippen LogP contribution in [0, 0.1) is 18.6 Å². The topological polar surface area (TPSA) is 64.4 Å². The summed E-state index contributed by atoms with van der Waals surface area (Å²) in [5.41, 5.74) is -0.641. The Labute approximate surface area is 131 Å². The Kier molecular flexibility index (Phi) is 4.12. The van der Waals surface area contributed by atoms with Gasteiger partial charge in [-0.15, -0.1) is 0 Å². The Bertz CT molecular complexity index is 706. The monoisotopic (exact) mass is 322 g/mol. The van der Waals surface area contributed by atoms with Gasteiger partial charge in [-0.1, -0.05) is 11.2 Å². The summed E-state index contributed by atoms with van der Waals surface area (Å²) in [4.78, 5) is 12.2. The maximum Gasteiger partial charge on any atom is 0.221 e. The van der Waals surface area contributed by atoms with E-state index >= 15 is 0 Å². The highest BCUT2D eigenvalue weighted by Crippen LogP contribution is 2.33. The van der Waals surface area contributed by atoms with E-state index in [2.05, 4.69) is 10.5 Å². The Morgan fingerprint density at radius 3 is 2.57 bits per heavy atom. The molecule has 1 fully saturated rings. The number of hydrogen-bond acceptors (Lipinski definition) is 4. The Hall–Kier alpha value is -2.28. The number of benzene rings is 1. The van der Waals surface area contributed by atoms with E-state index in [1.54, 1.807) is 13.0 Å². The predicted molar refractivity (Wildman–Crippen MR) is 76.6 cm³/mol. The Morgan fingerprint density at radius 2 is 2.04 bits per heavy atom. The molecule has 3 rings (SSSR count). The molecule has 0 spiro atoms. The number of halogens is 2. The van der Waals surface area contributed by atoms with Crippen LogP contribution < -0.4 is 5.32 Å². The van der Waals surface area contributed by atoms with Gasteiger partial charge >= 0.3 is 0 Å². The highest BCUT2D eigenvalue weighted by Gasteiger charge is 2.45. The van der Waals surface area contributed by atoms with Crippen molar-refractivity contribution < 1.29 is 22.8 Å². The van der Waals surface area contributed by atoms with Crippen molar-refractivity contribution in [3.63, 3.8) is 0 Å². The van der Waals surface area contributed by atoms with E-state index in [0.717, 1.165) is 0 Å². The fourth-order valence-electron chi connectivity index (χ4n) is 2.65. The first kappa shape index (κ1) is 15.6. The van der Waals surface area contributed by atoms with Crippen LogP contribution in [0.25, 0.3) is 0 Å². The number of aryl methyl sites for hydroxylation is 2. The number of amides is 1. The molecule has 2 heterocycles. The average molecular weight is 322 g/mol. The number of carbonyl (C=O) groups is 1. The minimum absolute atomic E-state index is 0.0413. The van der Waals surface area contributed by atoms with E-state index in [0.29, 0.717) is 17.9 Å². The van der Waals surface area contributed by atoms with E-state index in [1.165, 1.54) is 18.2 Å². The van der Waals surface area contributed by atoms with Crippen molar-refractivity contribution >= 4 is 5.91 Å². The first-order chi connectivity index (χ1) is 11.0. The van der Waals surface area contributed by atoms with E-state index < -0.39 is 17.2 Å². The lowest BCUT2D eigenvalue weighted by Crippen LogP contribution is -2.60. The standard InChI is InChI=1S/C16H16F2N2O3/c1-10-7-11(20-23-10)5-6-14(21)19-16(8-22-9-16)15-12(17)3-2-4-13(15)18/h2-4,7H,5-6,8-9H2,1H3,(H,19,21). The molecule has 1 amide bonds. The van der Waals surface area contributed by atoms with Crippen molar-refractivity contribution in [2.75, 3.05) is 13.2 Å². The maximum absolute atomic E-state index is 14.0. The van der Waals surface area contributed by atoms with Crippen LogP contribution in [0.3, 0.4) is 0 Å². The van der Waals surface area contributed by atoms with Crippen LogP contribution >= 0.6 is 0 Å². The van der Waals surface area contributed by atoms with Gasteiger partial charge in [-0.3, -0.25) is 4.79 Å². The second kappa shape index (κ2) is 6.08. The number of aromatic nitrogens is 1. The Balaban J connectivity index is 1.70. The number of carbonyl (C=O) groups excluding carboxylic acids is 1. The summed E-state index contributed by atoms with van der Waals surface area (Å²) in [5, 5.41) is 6.51. The molecule has 0 radical (unpaired) electrons. The molecule has 1 N–H and O–H groups in total. The molecule has 0 saturated carbocycles. The van der Waals surface area contributed by atoms with Crippen LogP contribution in [-0.2, 0) is 21.5 Å². The minimum Gasteiger partial charge on any atom is -0.376 e. The van der Waals surface area contributed by atoms with Gasteiger partial charge < -0.3 is 14.6 Å². The van der Waals surface area contributed by atoms with E-state index in [4.69, 9.17) is 9.26 Å². The molecule has 0 aliphatic carbocycles. The molecule has 122 valence electrons. The van der Waals surface area contributed by atoms with Crippen molar-refractivity contribution in [3.05, 3.63) is 52.9 Å². The van der Waals surface area contributed by atoms with Gasteiger partial charge in [0.05, 0.1) is 24.5 Å². The van der Waals surface area contributed by atoms with Crippen molar-refractivity contribution in [1.82, 2.24) is 10.5 Å². The van der Waals surface area contributed by atoms with Gasteiger partial charge in [0, 0.05) is 18.9 Å². The molecule has 2 aromatic rings. The molecule has 1 aliphatic rings. The van der Waals surface area contributed by atoms with Gasteiger partial charge in [-0.2, -0.15) is 0 Å². The fourth-order valence-corrected chi connectivity index (χ4v) is 2.65. The molecule has 0 bridgehead atoms. The second-order valence-electron chi connectivity index (χ2n) is 5.65. The van der Waals surface area contributed by atoms with E-state index in [1.807, 2.05) is 0 Å².